The van der Waals surface area contributed by atoms with Gasteiger partial charge in [-0.3, -0.25) is 0 Å². The number of aromatic nitrogens is 1. The SMILES string of the molecule is CCc1cn(C)c2cc(C(=O)O)c(C)cc12. The lowest BCUT2D eigenvalue weighted by atomic mass is 10.0. The molecule has 2 rings (SSSR count). The Labute approximate surface area is 94.3 Å². The summed E-state index contributed by atoms with van der Waals surface area (Å²) < 4.78 is 1.99. The first-order chi connectivity index (χ1) is 7.54. The lowest BCUT2D eigenvalue weighted by Crippen LogP contribution is -2.00. The highest BCUT2D eigenvalue weighted by atomic mass is 16.4. The van der Waals surface area contributed by atoms with Gasteiger partial charge in [0.1, 0.15) is 0 Å². The second-order valence-corrected chi connectivity index (χ2v) is 4.11. The van der Waals surface area contributed by atoms with Crippen molar-refractivity contribution in [2.24, 2.45) is 7.05 Å². The Morgan fingerprint density at radius 3 is 2.69 bits per heavy atom. The predicted octanol–water partition coefficient (Wildman–Crippen LogP) is 2.75. The highest BCUT2D eigenvalue weighted by molar-refractivity contribution is 5.96. The molecule has 0 fully saturated rings. The zero-order valence-electron chi connectivity index (χ0n) is 9.74. The minimum absolute atomic E-state index is 0.386. The van der Waals surface area contributed by atoms with Crippen LogP contribution in [0.5, 0.6) is 0 Å². The Morgan fingerprint density at radius 2 is 2.12 bits per heavy atom. The summed E-state index contributed by atoms with van der Waals surface area (Å²) in [5.74, 6) is -0.862. The van der Waals surface area contributed by atoms with Gasteiger partial charge in [-0.2, -0.15) is 0 Å². The van der Waals surface area contributed by atoms with Gasteiger partial charge in [-0.05, 0) is 36.6 Å². The topological polar surface area (TPSA) is 42.2 Å². The Hall–Kier alpha value is -1.77. The number of benzene rings is 1. The van der Waals surface area contributed by atoms with Crippen LogP contribution in [-0.4, -0.2) is 15.6 Å². The maximum absolute atomic E-state index is 11.0. The van der Waals surface area contributed by atoms with Crippen LogP contribution in [0.25, 0.3) is 10.9 Å². The van der Waals surface area contributed by atoms with Crippen LogP contribution in [-0.2, 0) is 13.5 Å². The second-order valence-electron chi connectivity index (χ2n) is 4.11. The summed E-state index contributed by atoms with van der Waals surface area (Å²) in [6.07, 6.45) is 3.03. The van der Waals surface area contributed by atoms with E-state index in [4.69, 9.17) is 5.11 Å². The minimum Gasteiger partial charge on any atom is -0.478 e. The van der Waals surface area contributed by atoms with E-state index in [0.29, 0.717) is 5.56 Å². The van der Waals surface area contributed by atoms with Crippen molar-refractivity contribution in [1.29, 1.82) is 0 Å². The van der Waals surface area contributed by atoms with E-state index < -0.39 is 5.97 Å². The number of nitrogens with zero attached hydrogens (tertiary/aromatic N) is 1. The Morgan fingerprint density at radius 1 is 1.44 bits per heavy atom. The van der Waals surface area contributed by atoms with Crippen molar-refractivity contribution in [3.8, 4) is 0 Å². The minimum atomic E-state index is -0.862. The van der Waals surface area contributed by atoms with Crippen molar-refractivity contribution in [2.75, 3.05) is 0 Å². The molecule has 1 aromatic heterocycles. The Kier molecular flexibility index (Phi) is 2.46. The maximum Gasteiger partial charge on any atom is 0.336 e. The van der Waals surface area contributed by atoms with Gasteiger partial charge in [-0.15, -0.1) is 0 Å². The van der Waals surface area contributed by atoms with Gasteiger partial charge in [0.25, 0.3) is 0 Å². The predicted molar refractivity (Wildman–Crippen MR) is 64.0 cm³/mol. The average molecular weight is 217 g/mol. The lowest BCUT2D eigenvalue weighted by Gasteiger charge is -2.03. The number of hydrogen-bond acceptors (Lipinski definition) is 1. The van der Waals surface area contributed by atoms with Gasteiger partial charge in [0.2, 0.25) is 0 Å². The molecule has 0 aliphatic rings. The highest BCUT2D eigenvalue weighted by Gasteiger charge is 2.12. The van der Waals surface area contributed by atoms with E-state index in [0.717, 1.165) is 22.9 Å². The molecule has 1 heterocycles. The number of rotatable bonds is 2. The molecule has 0 unspecified atom stereocenters. The fourth-order valence-electron chi connectivity index (χ4n) is 2.13. The summed E-state index contributed by atoms with van der Waals surface area (Å²) in [5.41, 5.74) is 3.45. The molecule has 0 amide bonds. The van der Waals surface area contributed by atoms with Crippen LogP contribution in [0.1, 0.15) is 28.4 Å². The van der Waals surface area contributed by atoms with Crippen LogP contribution in [0.2, 0.25) is 0 Å². The maximum atomic E-state index is 11.0. The molecule has 3 nitrogen and oxygen atoms in total. The summed E-state index contributed by atoms with van der Waals surface area (Å²) in [6, 6.07) is 3.73. The fraction of sp³-hybridized carbons (Fsp3) is 0.308. The smallest absolute Gasteiger partial charge is 0.336 e. The van der Waals surface area contributed by atoms with E-state index in [1.807, 2.05) is 24.6 Å². The largest absolute Gasteiger partial charge is 0.478 e. The van der Waals surface area contributed by atoms with Gasteiger partial charge in [-0.25, -0.2) is 4.79 Å². The third-order valence-corrected chi connectivity index (χ3v) is 3.03. The van der Waals surface area contributed by atoms with Crippen LogP contribution >= 0.6 is 0 Å². The molecule has 0 saturated carbocycles. The summed E-state index contributed by atoms with van der Waals surface area (Å²) >= 11 is 0. The first kappa shape index (κ1) is 10.7. The monoisotopic (exact) mass is 217 g/mol. The number of carboxylic acids is 1. The Bertz CT molecular complexity index is 567. The summed E-state index contributed by atoms with van der Waals surface area (Å²) in [6.45, 7) is 3.95. The van der Waals surface area contributed by atoms with Gasteiger partial charge in [0.05, 0.1) is 5.56 Å². The van der Waals surface area contributed by atoms with E-state index >= 15 is 0 Å². The molecule has 2 aromatic rings. The molecular weight excluding hydrogens is 202 g/mol. The molecule has 0 bridgehead atoms. The zero-order chi connectivity index (χ0) is 11.9. The van der Waals surface area contributed by atoms with Crippen LogP contribution in [0, 0.1) is 6.92 Å². The third kappa shape index (κ3) is 1.48. The molecule has 0 spiro atoms. The summed E-state index contributed by atoms with van der Waals surface area (Å²) in [4.78, 5) is 11.0. The number of aryl methyl sites for hydroxylation is 3. The van der Waals surface area contributed by atoms with E-state index in [9.17, 15) is 4.79 Å². The number of fused-ring (bicyclic) bond motifs is 1. The number of aromatic carboxylic acids is 1. The lowest BCUT2D eigenvalue weighted by molar-refractivity contribution is 0.0696. The normalized spacial score (nSPS) is 10.9. The third-order valence-electron chi connectivity index (χ3n) is 3.03. The Balaban J connectivity index is 2.80. The molecule has 0 atom stereocenters. The van der Waals surface area contributed by atoms with Crippen molar-refractivity contribution in [3.05, 3.63) is 35.0 Å². The van der Waals surface area contributed by atoms with Gasteiger partial charge in [-0.1, -0.05) is 6.92 Å². The zero-order valence-corrected chi connectivity index (χ0v) is 9.74. The highest BCUT2D eigenvalue weighted by Crippen LogP contribution is 2.25. The number of hydrogen-bond donors (Lipinski definition) is 1. The standard InChI is InChI=1S/C13H15NO2/c1-4-9-7-14(3)12-6-10(13(15)16)8(2)5-11(9)12/h5-7H,4H2,1-3H3,(H,15,16). The molecule has 0 radical (unpaired) electrons. The van der Waals surface area contributed by atoms with Crippen molar-refractivity contribution in [2.45, 2.75) is 20.3 Å². The van der Waals surface area contributed by atoms with E-state index in [1.165, 1.54) is 5.56 Å². The van der Waals surface area contributed by atoms with Gasteiger partial charge in [0, 0.05) is 24.1 Å². The van der Waals surface area contributed by atoms with E-state index in [-0.39, 0.29) is 0 Å². The van der Waals surface area contributed by atoms with Crippen LogP contribution < -0.4 is 0 Å². The van der Waals surface area contributed by atoms with Gasteiger partial charge < -0.3 is 9.67 Å². The molecule has 1 N–H and O–H groups in total. The van der Waals surface area contributed by atoms with E-state index in [1.54, 1.807) is 6.07 Å². The van der Waals surface area contributed by atoms with Crippen LogP contribution in [0.3, 0.4) is 0 Å². The van der Waals surface area contributed by atoms with Crippen molar-refractivity contribution < 1.29 is 9.90 Å². The van der Waals surface area contributed by atoms with Crippen molar-refractivity contribution in [1.82, 2.24) is 4.57 Å². The second kappa shape index (κ2) is 3.67. The summed E-state index contributed by atoms with van der Waals surface area (Å²) in [7, 11) is 1.95. The van der Waals surface area contributed by atoms with Crippen molar-refractivity contribution in [3.63, 3.8) is 0 Å². The molecule has 16 heavy (non-hydrogen) atoms. The first-order valence-electron chi connectivity index (χ1n) is 5.36. The molecule has 1 aromatic carbocycles. The van der Waals surface area contributed by atoms with Gasteiger partial charge in [0.15, 0.2) is 0 Å². The average Bonchev–Trinajstić information content (AvgIpc) is 2.53. The molecule has 3 heteroatoms. The molecule has 0 aliphatic carbocycles. The van der Waals surface area contributed by atoms with Crippen molar-refractivity contribution >= 4 is 16.9 Å². The fourth-order valence-corrected chi connectivity index (χ4v) is 2.13. The molecule has 84 valence electrons. The van der Waals surface area contributed by atoms with Gasteiger partial charge >= 0.3 is 5.97 Å². The first-order valence-corrected chi connectivity index (χ1v) is 5.36. The molecular formula is C13H15NO2. The number of carbonyl (C=O) groups is 1. The number of carboxylic acid groups (broad SMARTS) is 1. The summed E-state index contributed by atoms with van der Waals surface area (Å²) in [5, 5.41) is 10.2. The van der Waals surface area contributed by atoms with Crippen LogP contribution in [0.4, 0.5) is 0 Å². The molecule has 0 aliphatic heterocycles. The quantitative estimate of drug-likeness (QED) is 0.840. The van der Waals surface area contributed by atoms with E-state index in [2.05, 4.69) is 13.1 Å². The van der Waals surface area contributed by atoms with Crippen LogP contribution in [0.15, 0.2) is 18.3 Å². The molecule has 0 saturated heterocycles.